The lowest BCUT2D eigenvalue weighted by Gasteiger charge is -2.13. The lowest BCUT2D eigenvalue weighted by atomic mass is 9.92. The van der Waals surface area contributed by atoms with Gasteiger partial charge < -0.3 is 5.32 Å². The molecule has 2 aromatic rings. The molecular formula is C20H22N2O3S. The largest absolute Gasteiger partial charge is 0.348 e. The molecule has 0 aliphatic heterocycles. The lowest BCUT2D eigenvalue weighted by Crippen LogP contribution is -2.28. The molecule has 0 heterocycles. The number of benzene rings is 2. The van der Waals surface area contributed by atoms with Gasteiger partial charge in [-0.3, -0.25) is 4.79 Å². The van der Waals surface area contributed by atoms with Crippen LogP contribution in [0.4, 0.5) is 0 Å². The summed E-state index contributed by atoms with van der Waals surface area (Å²) >= 11 is 0. The van der Waals surface area contributed by atoms with E-state index in [1.807, 2.05) is 6.07 Å². The minimum absolute atomic E-state index is 0.133. The SMILES string of the molecule is CN(C)S(=O)(=O)c1cccc(C(=O)NC2C3CCc4ccccc4C32)c1. The molecule has 3 unspecified atom stereocenters. The first-order valence-electron chi connectivity index (χ1n) is 8.81. The van der Waals surface area contributed by atoms with Crippen LogP contribution in [0.3, 0.4) is 0 Å². The Labute approximate surface area is 154 Å². The molecule has 0 aromatic heterocycles. The highest BCUT2D eigenvalue weighted by atomic mass is 32.2. The Morgan fingerprint density at radius 2 is 1.88 bits per heavy atom. The van der Waals surface area contributed by atoms with Crippen molar-refractivity contribution in [2.45, 2.75) is 29.7 Å². The van der Waals surface area contributed by atoms with Crippen molar-refractivity contribution in [2.75, 3.05) is 14.1 Å². The second-order valence-corrected chi connectivity index (χ2v) is 9.39. The summed E-state index contributed by atoms with van der Waals surface area (Å²) in [6, 6.07) is 14.8. The summed E-state index contributed by atoms with van der Waals surface area (Å²) in [7, 11) is -0.592. The third-order valence-corrected chi connectivity index (χ3v) is 7.31. The van der Waals surface area contributed by atoms with Crippen LogP contribution in [0.1, 0.15) is 33.8 Å². The summed E-state index contributed by atoms with van der Waals surface area (Å²) in [4.78, 5) is 12.8. The van der Waals surface area contributed by atoms with Crippen LogP contribution in [-0.4, -0.2) is 38.8 Å². The van der Waals surface area contributed by atoms with E-state index in [-0.39, 0.29) is 16.8 Å². The van der Waals surface area contributed by atoms with Gasteiger partial charge in [0.25, 0.3) is 5.91 Å². The van der Waals surface area contributed by atoms with Gasteiger partial charge >= 0.3 is 0 Å². The maximum absolute atomic E-state index is 12.7. The van der Waals surface area contributed by atoms with Crippen LogP contribution in [0, 0.1) is 5.92 Å². The van der Waals surface area contributed by atoms with Gasteiger partial charge in [0.2, 0.25) is 10.0 Å². The minimum atomic E-state index is -3.55. The van der Waals surface area contributed by atoms with Crippen LogP contribution in [0.2, 0.25) is 0 Å². The van der Waals surface area contributed by atoms with Crippen LogP contribution in [0.25, 0.3) is 0 Å². The van der Waals surface area contributed by atoms with Crippen molar-refractivity contribution >= 4 is 15.9 Å². The number of fused-ring (bicyclic) bond motifs is 3. The van der Waals surface area contributed by atoms with Gasteiger partial charge in [-0.2, -0.15) is 0 Å². The van der Waals surface area contributed by atoms with Gasteiger partial charge in [0.05, 0.1) is 4.90 Å². The number of hydrogen-bond donors (Lipinski definition) is 1. The highest BCUT2D eigenvalue weighted by Crippen LogP contribution is 2.54. The van der Waals surface area contributed by atoms with Crippen LogP contribution < -0.4 is 5.32 Å². The maximum atomic E-state index is 12.7. The molecule has 26 heavy (non-hydrogen) atoms. The predicted molar refractivity (Wildman–Crippen MR) is 99.6 cm³/mol. The second kappa shape index (κ2) is 6.21. The Hall–Kier alpha value is -2.18. The van der Waals surface area contributed by atoms with Crippen molar-refractivity contribution in [3.63, 3.8) is 0 Å². The first kappa shape index (κ1) is 17.2. The Balaban J connectivity index is 1.53. The van der Waals surface area contributed by atoms with E-state index < -0.39 is 10.0 Å². The van der Waals surface area contributed by atoms with E-state index in [4.69, 9.17) is 0 Å². The quantitative estimate of drug-likeness (QED) is 0.899. The van der Waals surface area contributed by atoms with Gasteiger partial charge in [-0.05, 0) is 48.1 Å². The lowest BCUT2D eigenvalue weighted by molar-refractivity contribution is 0.0948. The topological polar surface area (TPSA) is 66.5 Å². The average molecular weight is 370 g/mol. The monoisotopic (exact) mass is 370 g/mol. The summed E-state index contributed by atoms with van der Waals surface area (Å²) < 4.78 is 25.7. The fourth-order valence-corrected chi connectivity index (χ4v) is 4.95. The summed E-state index contributed by atoms with van der Waals surface area (Å²) in [5.74, 6) is 0.665. The van der Waals surface area contributed by atoms with E-state index in [0.717, 1.165) is 17.1 Å². The number of carbonyl (C=O) groups excluding carboxylic acids is 1. The van der Waals surface area contributed by atoms with Gasteiger partial charge in [0.15, 0.2) is 0 Å². The predicted octanol–water partition coefficient (Wildman–Crippen LogP) is 2.40. The van der Waals surface area contributed by atoms with Crippen molar-refractivity contribution in [3.05, 3.63) is 65.2 Å². The van der Waals surface area contributed by atoms with Gasteiger partial charge in [0.1, 0.15) is 0 Å². The van der Waals surface area contributed by atoms with Crippen LogP contribution >= 0.6 is 0 Å². The fraction of sp³-hybridized carbons (Fsp3) is 0.350. The Kier molecular flexibility index (Phi) is 4.12. The first-order valence-corrected chi connectivity index (χ1v) is 10.2. The normalized spacial score (nSPS) is 23.9. The first-order chi connectivity index (χ1) is 12.4. The number of carbonyl (C=O) groups is 1. The number of aryl methyl sites for hydroxylation is 1. The molecule has 1 saturated carbocycles. The number of rotatable bonds is 4. The number of hydrogen-bond acceptors (Lipinski definition) is 3. The van der Waals surface area contributed by atoms with Gasteiger partial charge in [-0.25, -0.2) is 12.7 Å². The minimum Gasteiger partial charge on any atom is -0.348 e. The Morgan fingerprint density at radius 1 is 1.12 bits per heavy atom. The van der Waals surface area contributed by atoms with Gasteiger partial charge in [0, 0.05) is 31.6 Å². The Bertz CT molecular complexity index is 969. The molecule has 1 N–H and O–H groups in total. The van der Waals surface area contributed by atoms with Crippen molar-refractivity contribution in [1.82, 2.24) is 9.62 Å². The zero-order valence-corrected chi connectivity index (χ0v) is 15.7. The van der Waals surface area contributed by atoms with Crippen molar-refractivity contribution in [3.8, 4) is 0 Å². The van der Waals surface area contributed by atoms with Gasteiger partial charge in [-0.1, -0.05) is 30.3 Å². The molecule has 2 aromatic carbocycles. The third kappa shape index (κ3) is 2.83. The molecule has 1 fully saturated rings. The maximum Gasteiger partial charge on any atom is 0.251 e. The van der Waals surface area contributed by atoms with Crippen molar-refractivity contribution in [2.24, 2.45) is 5.92 Å². The zero-order chi connectivity index (χ0) is 18.5. The van der Waals surface area contributed by atoms with E-state index in [9.17, 15) is 13.2 Å². The van der Waals surface area contributed by atoms with Crippen LogP contribution in [0.5, 0.6) is 0 Å². The number of nitrogens with zero attached hydrogens (tertiary/aromatic N) is 1. The van der Waals surface area contributed by atoms with Crippen LogP contribution in [-0.2, 0) is 16.4 Å². The van der Waals surface area contributed by atoms with Gasteiger partial charge in [-0.15, -0.1) is 0 Å². The summed E-state index contributed by atoms with van der Waals surface area (Å²) in [6.07, 6.45) is 2.14. The second-order valence-electron chi connectivity index (χ2n) is 7.24. The molecular weight excluding hydrogens is 348 g/mol. The van der Waals surface area contributed by atoms with E-state index in [0.29, 0.717) is 17.4 Å². The van der Waals surface area contributed by atoms with Crippen LogP contribution in [0.15, 0.2) is 53.4 Å². The molecule has 0 bridgehead atoms. The smallest absolute Gasteiger partial charge is 0.251 e. The molecule has 0 radical (unpaired) electrons. The van der Waals surface area contributed by atoms with E-state index in [2.05, 4.69) is 23.5 Å². The fourth-order valence-electron chi connectivity index (χ4n) is 4.01. The molecule has 0 saturated heterocycles. The van der Waals surface area contributed by atoms with E-state index in [1.54, 1.807) is 12.1 Å². The highest BCUT2D eigenvalue weighted by Gasteiger charge is 2.53. The van der Waals surface area contributed by atoms with Crippen molar-refractivity contribution < 1.29 is 13.2 Å². The zero-order valence-electron chi connectivity index (χ0n) is 14.8. The standard InChI is InChI=1S/C20H22N2O3S/c1-22(2)26(24,25)15-8-5-7-14(12-15)20(23)21-19-17-11-10-13-6-3-4-9-16(13)18(17)19/h3-9,12,17-19H,10-11H2,1-2H3,(H,21,23). The molecule has 3 atom stereocenters. The highest BCUT2D eigenvalue weighted by molar-refractivity contribution is 7.89. The van der Waals surface area contributed by atoms with E-state index >= 15 is 0 Å². The molecule has 2 aliphatic carbocycles. The molecule has 2 aliphatic rings. The summed E-state index contributed by atoms with van der Waals surface area (Å²) in [5, 5.41) is 3.11. The number of sulfonamides is 1. The van der Waals surface area contributed by atoms with E-state index in [1.165, 1.54) is 37.4 Å². The average Bonchev–Trinajstić information content (AvgIpc) is 3.35. The Morgan fingerprint density at radius 3 is 2.65 bits per heavy atom. The molecule has 1 amide bonds. The third-order valence-electron chi connectivity index (χ3n) is 5.50. The number of nitrogens with one attached hydrogen (secondary N) is 1. The van der Waals surface area contributed by atoms with Crippen molar-refractivity contribution in [1.29, 1.82) is 0 Å². The number of amides is 1. The molecule has 6 heteroatoms. The molecule has 5 nitrogen and oxygen atoms in total. The molecule has 4 rings (SSSR count). The summed E-state index contributed by atoms with van der Waals surface area (Å²) in [6.45, 7) is 0. The molecule has 0 spiro atoms. The molecule has 136 valence electrons. The summed E-state index contributed by atoms with van der Waals surface area (Å²) in [5.41, 5.74) is 3.10.